The van der Waals surface area contributed by atoms with Gasteiger partial charge in [-0.25, -0.2) is 9.97 Å². The molecule has 0 spiro atoms. The largest absolute Gasteiger partial charge is 0.451 e. The molecule has 9 heteroatoms. The van der Waals surface area contributed by atoms with Gasteiger partial charge in [-0.15, -0.1) is 0 Å². The van der Waals surface area contributed by atoms with Crippen LogP contribution < -0.4 is 10.6 Å². The van der Waals surface area contributed by atoms with Crippen molar-refractivity contribution >= 4 is 11.6 Å². The van der Waals surface area contributed by atoms with Crippen LogP contribution in [-0.2, 0) is 12.7 Å². The van der Waals surface area contributed by atoms with Crippen LogP contribution in [0.3, 0.4) is 0 Å². The Hall–Kier alpha value is -2.45. The Morgan fingerprint density at radius 3 is 2.55 bits per heavy atom. The van der Waals surface area contributed by atoms with Crippen LogP contribution >= 0.6 is 0 Å². The lowest BCUT2D eigenvalue weighted by Gasteiger charge is -2.11. The molecule has 0 atom stereocenters. The molecule has 0 fully saturated rings. The van der Waals surface area contributed by atoms with Crippen LogP contribution in [0.2, 0.25) is 0 Å². The molecule has 2 aromatic rings. The van der Waals surface area contributed by atoms with Gasteiger partial charge in [-0.3, -0.25) is 0 Å². The van der Waals surface area contributed by atoms with Crippen LogP contribution in [0.25, 0.3) is 0 Å². The Balaban J connectivity index is 2.19. The van der Waals surface area contributed by atoms with Gasteiger partial charge >= 0.3 is 6.18 Å². The number of anilines is 2. The molecule has 6 nitrogen and oxygen atoms in total. The lowest BCUT2D eigenvalue weighted by Crippen LogP contribution is -2.14. The van der Waals surface area contributed by atoms with Crippen molar-refractivity contribution in [2.75, 3.05) is 17.7 Å². The summed E-state index contributed by atoms with van der Waals surface area (Å²) >= 11 is 0. The second-order valence-corrected chi connectivity index (χ2v) is 3.78. The molecule has 2 aromatic heterocycles. The summed E-state index contributed by atoms with van der Waals surface area (Å²) < 4.78 is 37.9. The van der Waals surface area contributed by atoms with Gasteiger partial charge in [0.2, 0.25) is 5.82 Å². The van der Waals surface area contributed by atoms with E-state index in [-0.39, 0.29) is 18.2 Å². The van der Waals surface area contributed by atoms with Crippen LogP contribution in [-0.4, -0.2) is 27.2 Å². The Labute approximate surface area is 112 Å². The number of nitrogens with zero attached hydrogens (tertiary/aromatic N) is 4. The van der Waals surface area contributed by atoms with Gasteiger partial charge in [0.25, 0.3) is 0 Å². The van der Waals surface area contributed by atoms with Crippen molar-refractivity contribution in [3.8, 4) is 0 Å². The predicted octanol–water partition coefficient (Wildman–Crippen LogP) is 1.94. The average molecular weight is 284 g/mol. The van der Waals surface area contributed by atoms with Gasteiger partial charge < -0.3 is 10.6 Å². The molecule has 0 aliphatic carbocycles. The molecule has 0 amide bonds. The minimum Gasteiger partial charge on any atom is -0.373 e. The summed E-state index contributed by atoms with van der Waals surface area (Å²) in [5.41, 5.74) is 0.589. The number of alkyl halides is 3. The average Bonchev–Trinajstić information content (AvgIpc) is 2.45. The number of hydrogen-bond acceptors (Lipinski definition) is 6. The number of rotatable bonds is 4. The molecule has 2 heterocycles. The lowest BCUT2D eigenvalue weighted by atomic mass is 10.4. The van der Waals surface area contributed by atoms with Crippen LogP contribution in [0.4, 0.5) is 24.8 Å². The van der Waals surface area contributed by atoms with E-state index in [9.17, 15) is 13.2 Å². The van der Waals surface area contributed by atoms with Crippen molar-refractivity contribution in [2.24, 2.45) is 0 Å². The molecule has 20 heavy (non-hydrogen) atoms. The smallest absolute Gasteiger partial charge is 0.373 e. The van der Waals surface area contributed by atoms with Gasteiger partial charge in [0.15, 0.2) is 0 Å². The van der Waals surface area contributed by atoms with Gasteiger partial charge in [0, 0.05) is 19.3 Å². The van der Waals surface area contributed by atoms with E-state index in [0.29, 0.717) is 5.69 Å². The molecule has 2 N–H and O–H groups in total. The topological polar surface area (TPSA) is 75.6 Å². The van der Waals surface area contributed by atoms with Crippen LogP contribution in [0.1, 0.15) is 11.5 Å². The van der Waals surface area contributed by atoms with Crippen molar-refractivity contribution < 1.29 is 13.2 Å². The standard InChI is InChI=1S/C11H11F3N6/c1-15-8-5-9(19-10(18-8)11(12,13)14)16-6-7-3-2-4-17-20-7/h2-5H,6H2,1H3,(H2,15,16,18,19). The first kappa shape index (κ1) is 14.0. The third-order valence-corrected chi connectivity index (χ3v) is 2.31. The molecule has 2 rings (SSSR count). The molecule has 0 saturated heterocycles. The second-order valence-electron chi connectivity index (χ2n) is 3.78. The molecule has 0 unspecified atom stereocenters. The summed E-state index contributed by atoms with van der Waals surface area (Å²) in [4.78, 5) is 6.80. The summed E-state index contributed by atoms with van der Waals surface area (Å²) in [6.45, 7) is 0.214. The van der Waals surface area contributed by atoms with Crippen molar-refractivity contribution in [1.29, 1.82) is 0 Å². The fraction of sp³-hybridized carbons (Fsp3) is 0.273. The number of nitrogens with one attached hydrogen (secondary N) is 2. The highest BCUT2D eigenvalue weighted by Crippen LogP contribution is 2.28. The van der Waals surface area contributed by atoms with Crippen molar-refractivity contribution in [1.82, 2.24) is 20.2 Å². The number of halogens is 3. The van der Waals surface area contributed by atoms with E-state index in [1.165, 1.54) is 19.3 Å². The molecule has 0 aliphatic rings. The first-order chi connectivity index (χ1) is 9.49. The van der Waals surface area contributed by atoms with E-state index < -0.39 is 12.0 Å². The first-order valence-corrected chi connectivity index (χ1v) is 5.63. The highest BCUT2D eigenvalue weighted by atomic mass is 19.4. The summed E-state index contributed by atoms with van der Waals surface area (Å²) in [6.07, 6.45) is -3.09. The van der Waals surface area contributed by atoms with Gasteiger partial charge in [-0.05, 0) is 12.1 Å². The Morgan fingerprint density at radius 1 is 1.20 bits per heavy atom. The normalized spacial score (nSPS) is 11.2. The highest BCUT2D eigenvalue weighted by molar-refractivity contribution is 5.47. The van der Waals surface area contributed by atoms with Crippen molar-refractivity contribution in [3.63, 3.8) is 0 Å². The maximum absolute atomic E-state index is 12.6. The first-order valence-electron chi connectivity index (χ1n) is 5.63. The molecule has 0 aromatic carbocycles. The molecular formula is C11H11F3N6. The lowest BCUT2D eigenvalue weighted by molar-refractivity contribution is -0.144. The third-order valence-electron chi connectivity index (χ3n) is 2.31. The number of hydrogen-bond donors (Lipinski definition) is 2. The minimum atomic E-state index is -4.60. The molecule has 0 radical (unpaired) electrons. The SMILES string of the molecule is CNc1cc(NCc2cccnn2)nc(C(F)(F)F)n1. The quantitative estimate of drug-likeness (QED) is 0.893. The summed E-state index contributed by atoms with van der Waals surface area (Å²) in [6, 6.07) is 4.76. The Morgan fingerprint density at radius 2 is 1.95 bits per heavy atom. The molecule has 106 valence electrons. The fourth-order valence-electron chi connectivity index (χ4n) is 1.40. The zero-order valence-corrected chi connectivity index (χ0v) is 10.4. The van der Waals surface area contributed by atoms with E-state index in [1.54, 1.807) is 12.1 Å². The van der Waals surface area contributed by atoms with Crippen LogP contribution in [0.15, 0.2) is 24.4 Å². The van der Waals surface area contributed by atoms with Gasteiger partial charge in [0.1, 0.15) is 11.6 Å². The molecule has 0 bridgehead atoms. The van der Waals surface area contributed by atoms with Crippen molar-refractivity contribution in [2.45, 2.75) is 12.7 Å². The zero-order chi connectivity index (χ0) is 14.6. The summed E-state index contributed by atoms with van der Waals surface area (Å²) in [7, 11) is 1.48. The van der Waals surface area contributed by atoms with Crippen molar-refractivity contribution in [3.05, 3.63) is 35.9 Å². The van der Waals surface area contributed by atoms with Crippen LogP contribution in [0.5, 0.6) is 0 Å². The van der Waals surface area contributed by atoms with Gasteiger partial charge in [-0.1, -0.05) is 0 Å². The number of aromatic nitrogens is 4. The Bertz CT molecular complexity index is 572. The monoisotopic (exact) mass is 284 g/mol. The van der Waals surface area contributed by atoms with E-state index in [4.69, 9.17) is 0 Å². The van der Waals surface area contributed by atoms with Crippen LogP contribution in [0, 0.1) is 0 Å². The van der Waals surface area contributed by atoms with Gasteiger partial charge in [-0.2, -0.15) is 23.4 Å². The Kier molecular flexibility index (Phi) is 3.97. The predicted molar refractivity (Wildman–Crippen MR) is 65.9 cm³/mol. The zero-order valence-electron chi connectivity index (χ0n) is 10.4. The second kappa shape index (κ2) is 5.68. The highest BCUT2D eigenvalue weighted by Gasteiger charge is 2.35. The van der Waals surface area contributed by atoms with E-state index in [1.807, 2.05) is 0 Å². The maximum Gasteiger partial charge on any atom is 0.451 e. The molecule has 0 saturated carbocycles. The fourth-order valence-corrected chi connectivity index (χ4v) is 1.40. The van der Waals surface area contributed by atoms with E-state index in [2.05, 4.69) is 30.8 Å². The molecule has 0 aliphatic heterocycles. The van der Waals surface area contributed by atoms with Gasteiger partial charge in [0.05, 0.1) is 12.2 Å². The summed E-state index contributed by atoms with van der Waals surface area (Å²) in [5, 5.41) is 12.8. The maximum atomic E-state index is 12.6. The third kappa shape index (κ3) is 3.53. The summed E-state index contributed by atoms with van der Waals surface area (Å²) in [5.74, 6) is -1.07. The van der Waals surface area contributed by atoms with E-state index in [0.717, 1.165) is 0 Å². The van der Waals surface area contributed by atoms with E-state index >= 15 is 0 Å². The molecular weight excluding hydrogens is 273 g/mol. The minimum absolute atomic E-state index is 0.0577.